The summed E-state index contributed by atoms with van der Waals surface area (Å²) in [6.07, 6.45) is 2.30. The van der Waals surface area contributed by atoms with E-state index >= 15 is 0 Å². The number of esters is 1. The number of pyridine rings is 1. The van der Waals surface area contributed by atoms with Crippen molar-refractivity contribution in [3.8, 4) is 17.0 Å². The molecule has 2 heterocycles. The topological polar surface area (TPSA) is 53.4 Å². The number of ether oxygens (including phenoxy) is 2. The third-order valence-corrected chi connectivity index (χ3v) is 5.78. The van der Waals surface area contributed by atoms with Crippen LogP contribution in [0.5, 0.6) is 5.88 Å². The number of rotatable bonds is 7. The Morgan fingerprint density at radius 2 is 1.94 bits per heavy atom. The fraction of sp³-hybridized carbons (Fsp3) is 0.231. The Bertz CT molecular complexity index is 1330. The number of methoxy groups -OCH3 is 1. The fourth-order valence-corrected chi connectivity index (χ4v) is 4.19. The molecule has 0 amide bonds. The standard InChI is InChI=1S/C26H24ClFN2O3/c1-4-16-10-11-22-19(12-16)23(20-13-18(27)14-29-25(20)32-3)24(26(31)33-5-2)30(22)15-17-8-6-7-9-21(17)28/h6-14H,4-5,15H2,1-3H3. The molecule has 0 spiro atoms. The van der Waals surface area contributed by atoms with Crippen molar-refractivity contribution in [1.82, 2.24) is 9.55 Å². The van der Waals surface area contributed by atoms with Crippen LogP contribution in [-0.2, 0) is 17.7 Å². The van der Waals surface area contributed by atoms with Crippen LogP contribution in [0.25, 0.3) is 22.0 Å². The Labute approximate surface area is 196 Å². The van der Waals surface area contributed by atoms with Crippen LogP contribution in [0.15, 0.2) is 54.7 Å². The van der Waals surface area contributed by atoms with E-state index in [4.69, 9.17) is 21.1 Å². The van der Waals surface area contributed by atoms with Gasteiger partial charge in [0.2, 0.25) is 5.88 Å². The maximum Gasteiger partial charge on any atom is 0.355 e. The molecule has 4 rings (SSSR count). The van der Waals surface area contributed by atoms with Crippen LogP contribution in [-0.4, -0.2) is 29.2 Å². The molecule has 2 aromatic heterocycles. The molecule has 0 aliphatic carbocycles. The fourth-order valence-electron chi connectivity index (χ4n) is 4.04. The molecule has 0 saturated carbocycles. The van der Waals surface area contributed by atoms with Crippen molar-refractivity contribution in [1.29, 1.82) is 0 Å². The minimum atomic E-state index is -0.514. The third kappa shape index (κ3) is 4.31. The number of aromatic nitrogens is 2. The Morgan fingerprint density at radius 3 is 2.64 bits per heavy atom. The SMILES string of the molecule is CCOC(=O)c1c(-c2cc(Cl)cnc2OC)c2cc(CC)ccc2n1Cc1ccccc1F. The molecular formula is C26H24ClFN2O3. The second-order valence-electron chi connectivity index (χ2n) is 7.54. The molecular weight excluding hydrogens is 443 g/mol. The zero-order valence-corrected chi connectivity index (χ0v) is 19.4. The van der Waals surface area contributed by atoms with Gasteiger partial charge in [-0.1, -0.05) is 42.8 Å². The molecule has 0 fully saturated rings. The van der Waals surface area contributed by atoms with Crippen molar-refractivity contribution in [2.24, 2.45) is 0 Å². The molecule has 4 aromatic rings. The first-order valence-electron chi connectivity index (χ1n) is 10.7. The highest BCUT2D eigenvalue weighted by molar-refractivity contribution is 6.31. The number of benzene rings is 2. The third-order valence-electron chi connectivity index (χ3n) is 5.57. The number of fused-ring (bicyclic) bond motifs is 1. The molecule has 0 aliphatic heterocycles. The molecule has 0 N–H and O–H groups in total. The Kier molecular flexibility index (Phi) is 6.65. The minimum absolute atomic E-state index is 0.152. The maximum atomic E-state index is 14.6. The van der Waals surface area contributed by atoms with Crippen LogP contribution in [0.2, 0.25) is 5.02 Å². The molecule has 0 atom stereocenters. The Morgan fingerprint density at radius 1 is 1.15 bits per heavy atom. The van der Waals surface area contributed by atoms with E-state index in [1.54, 1.807) is 35.8 Å². The number of carbonyl (C=O) groups excluding carboxylic acids is 1. The monoisotopic (exact) mass is 466 g/mol. The summed E-state index contributed by atoms with van der Waals surface area (Å²) in [7, 11) is 1.51. The lowest BCUT2D eigenvalue weighted by molar-refractivity contribution is 0.0516. The predicted octanol–water partition coefficient (Wildman–Crippen LogP) is 6.29. The zero-order valence-electron chi connectivity index (χ0n) is 18.7. The van der Waals surface area contributed by atoms with Crippen molar-refractivity contribution in [3.63, 3.8) is 0 Å². The highest BCUT2D eigenvalue weighted by atomic mass is 35.5. The molecule has 2 aromatic carbocycles. The first-order chi connectivity index (χ1) is 16.0. The minimum Gasteiger partial charge on any atom is -0.481 e. The zero-order chi connectivity index (χ0) is 23.5. The quantitative estimate of drug-likeness (QED) is 0.300. The van der Waals surface area contributed by atoms with E-state index in [0.29, 0.717) is 33.3 Å². The molecule has 7 heteroatoms. The molecule has 0 radical (unpaired) electrons. The summed E-state index contributed by atoms with van der Waals surface area (Å²) in [6.45, 7) is 4.16. The van der Waals surface area contributed by atoms with E-state index in [0.717, 1.165) is 22.9 Å². The van der Waals surface area contributed by atoms with E-state index in [2.05, 4.69) is 11.9 Å². The summed E-state index contributed by atoms with van der Waals surface area (Å²) in [4.78, 5) is 17.6. The number of carbonyl (C=O) groups is 1. The van der Waals surface area contributed by atoms with E-state index in [-0.39, 0.29) is 19.0 Å². The summed E-state index contributed by atoms with van der Waals surface area (Å²) >= 11 is 6.29. The van der Waals surface area contributed by atoms with Crippen molar-refractivity contribution in [2.75, 3.05) is 13.7 Å². The molecule has 0 saturated heterocycles. The molecule has 33 heavy (non-hydrogen) atoms. The molecule has 170 valence electrons. The van der Waals surface area contributed by atoms with Gasteiger partial charge in [-0.3, -0.25) is 0 Å². The second kappa shape index (κ2) is 9.63. The van der Waals surface area contributed by atoms with E-state index < -0.39 is 5.97 Å². The van der Waals surface area contributed by atoms with E-state index in [1.165, 1.54) is 19.4 Å². The van der Waals surface area contributed by atoms with Gasteiger partial charge in [-0.2, -0.15) is 0 Å². The van der Waals surface area contributed by atoms with Crippen LogP contribution in [0.3, 0.4) is 0 Å². The molecule has 0 aliphatic rings. The van der Waals surface area contributed by atoms with Crippen molar-refractivity contribution < 1.29 is 18.7 Å². The molecule has 0 unspecified atom stereocenters. The number of hydrogen-bond donors (Lipinski definition) is 0. The summed E-state index contributed by atoms with van der Waals surface area (Å²) < 4.78 is 27.3. The van der Waals surface area contributed by atoms with Gasteiger partial charge >= 0.3 is 5.97 Å². The summed E-state index contributed by atoms with van der Waals surface area (Å²) in [5.74, 6) is -0.528. The van der Waals surface area contributed by atoms with Crippen LogP contribution < -0.4 is 4.74 Å². The number of nitrogens with zero attached hydrogens (tertiary/aromatic N) is 2. The van der Waals surface area contributed by atoms with Crippen LogP contribution in [0.4, 0.5) is 4.39 Å². The van der Waals surface area contributed by atoms with Gasteiger partial charge in [-0.25, -0.2) is 14.2 Å². The summed E-state index contributed by atoms with van der Waals surface area (Å²) in [5, 5.41) is 1.22. The Hall–Kier alpha value is -3.38. The summed E-state index contributed by atoms with van der Waals surface area (Å²) in [6, 6.07) is 14.2. The van der Waals surface area contributed by atoms with E-state index in [1.807, 2.05) is 18.2 Å². The van der Waals surface area contributed by atoms with Gasteiger partial charge < -0.3 is 14.0 Å². The normalized spacial score (nSPS) is 11.1. The van der Waals surface area contributed by atoms with Gasteiger partial charge in [0.15, 0.2) is 0 Å². The number of aryl methyl sites for hydroxylation is 1. The lowest BCUT2D eigenvalue weighted by Gasteiger charge is -2.13. The predicted molar refractivity (Wildman–Crippen MR) is 128 cm³/mol. The van der Waals surface area contributed by atoms with Gasteiger partial charge in [-0.05, 0) is 43.2 Å². The largest absolute Gasteiger partial charge is 0.481 e. The van der Waals surface area contributed by atoms with Crippen molar-refractivity contribution in [2.45, 2.75) is 26.8 Å². The van der Waals surface area contributed by atoms with Crippen molar-refractivity contribution in [3.05, 3.63) is 82.4 Å². The number of halogens is 2. The highest BCUT2D eigenvalue weighted by Gasteiger charge is 2.28. The molecule has 5 nitrogen and oxygen atoms in total. The average Bonchev–Trinajstić information content (AvgIpc) is 3.13. The first-order valence-corrected chi connectivity index (χ1v) is 11.1. The second-order valence-corrected chi connectivity index (χ2v) is 7.97. The van der Waals surface area contributed by atoms with E-state index in [9.17, 15) is 9.18 Å². The van der Waals surface area contributed by atoms with Crippen LogP contribution >= 0.6 is 11.6 Å². The van der Waals surface area contributed by atoms with Crippen LogP contribution in [0, 0.1) is 5.82 Å². The average molecular weight is 467 g/mol. The first kappa shape index (κ1) is 22.8. The summed E-state index contributed by atoms with van der Waals surface area (Å²) in [5.41, 5.74) is 3.79. The Balaban J connectivity index is 2.11. The van der Waals surface area contributed by atoms with Gasteiger partial charge in [0.1, 0.15) is 11.5 Å². The number of hydrogen-bond acceptors (Lipinski definition) is 4. The maximum absolute atomic E-state index is 14.6. The highest BCUT2D eigenvalue weighted by Crippen LogP contribution is 2.41. The van der Waals surface area contributed by atoms with Crippen LogP contribution in [0.1, 0.15) is 35.5 Å². The lowest BCUT2D eigenvalue weighted by Crippen LogP contribution is -2.14. The lowest BCUT2D eigenvalue weighted by atomic mass is 10.0. The van der Waals surface area contributed by atoms with Crippen molar-refractivity contribution >= 4 is 28.5 Å². The van der Waals surface area contributed by atoms with Gasteiger partial charge in [0.05, 0.1) is 25.3 Å². The van der Waals surface area contributed by atoms with Gasteiger partial charge in [0.25, 0.3) is 0 Å². The van der Waals surface area contributed by atoms with Gasteiger partial charge in [-0.15, -0.1) is 0 Å². The molecule has 0 bridgehead atoms. The van der Waals surface area contributed by atoms with Gasteiger partial charge in [0, 0.05) is 33.8 Å². The smallest absolute Gasteiger partial charge is 0.355 e.